The first kappa shape index (κ1) is 23.9. The van der Waals surface area contributed by atoms with Gasteiger partial charge in [-0.15, -0.1) is 0 Å². The lowest BCUT2D eigenvalue weighted by Crippen LogP contribution is -2.48. The van der Waals surface area contributed by atoms with Crippen LogP contribution in [-0.4, -0.2) is 36.6 Å². The zero-order valence-electron chi connectivity index (χ0n) is 18.3. The maximum atomic E-state index is 12.4. The van der Waals surface area contributed by atoms with Crippen molar-refractivity contribution in [2.75, 3.05) is 11.9 Å². The second-order valence-corrected chi connectivity index (χ2v) is 7.79. The first-order valence-corrected chi connectivity index (χ1v) is 10.5. The van der Waals surface area contributed by atoms with Gasteiger partial charge in [0.2, 0.25) is 0 Å². The number of nitrogens with one attached hydrogen (secondary N) is 3. The van der Waals surface area contributed by atoms with E-state index < -0.39 is 18.0 Å². The summed E-state index contributed by atoms with van der Waals surface area (Å²) in [5.74, 6) is -1.22. The summed E-state index contributed by atoms with van der Waals surface area (Å²) in [6.45, 7) is 5.11. The van der Waals surface area contributed by atoms with Crippen LogP contribution in [0.4, 0.5) is 10.5 Å². The molecular weight excluding hydrogens is 394 g/mol. The smallest absolute Gasteiger partial charge is 0.329 e. The molecule has 0 aliphatic carbocycles. The van der Waals surface area contributed by atoms with Crippen LogP contribution in [0.25, 0.3) is 0 Å². The van der Waals surface area contributed by atoms with Gasteiger partial charge in [0.1, 0.15) is 6.04 Å². The van der Waals surface area contributed by atoms with Crippen molar-refractivity contribution in [1.29, 1.82) is 0 Å². The molecule has 0 radical (unpaired) electrons. The van der Waals surface area contributed by atoms with Crippen molar-refractivity contribution < 1.29 is 19.1 Å². The average molecular weight is 426 g/mol. The highest BCUT2D eigenvalue weighted by atomic mass is 16.5. The van der Waals surface area contributed by atoms with Crippen LogP contribution < -0.4 is 16.0 Å². The van der Waals surface area contributed by atoms with E-state index in [0.29, 0.717) is 5.69 Å². The molecule has 0 aliphatic rings. The Balaban J connectivity index is 1.75. The summed E-state index contributed by atoms with van der Waals surface area (Å²) < 4.78 is 5.15. The lowest BCUT2D eigenvalue weighted by atomic mass is 10.1. The standard InChI is InChI=1S/C24H31N3O4/c1-17(2)22(27-24(30)26-20-12-8-5-9-13-20)23(29)31-16-21(28)25-18(3)14-15-19-10-6-4-7-11-19/h4-13,17-18,22H,14-16H2,1-3H3,(H,25,28)(H2,26,27,30)/t18-,22-/m1/s1. The maximum Gasteiger partial charge on any atom is 0.329 e. The topological polar surface area (TPSA) is 96.5 Å². The third-order valence-corrected chi connectivity index (χ3v) is 4.70. The minimum absolute atomic E-state index is 0.0536. The summed E-state index contributed by atoms with van der Waals surface area (Å²) in [5.41, 5.74) is 1.81. The lowest BCUT2D eigenvalue weighted by molar-refractivity contribution is -0.151. The predicted octanol–water partition coefficient (Wildman–Crippen LogP) is 3.51. The van der Waals surface area contributed by atoms with Crippen LogP contribution in [0.1, 0.15) is 32.8 Å². The number of carbonyl (C=O) groups excluding carboxylic acids is 3. The number of esters is 1. The molecule has 0 heterocycles. The van der Waals surface area contributed by atoms with Crippen LogP contribution in [-0.2, 0) is 20.7 Å². The van der Waals surface area contributed by atoms with Gasteiger partial charge in [-0.05, 0) is 43.4 Å². The van der Waals surface area contributed by atoms with Gasteiger partial charge in [-0.25, -0.2) is 9.59 Å². The van der Waals surface area contributed by atoms with E-state index in [1.807, 2.05) is 43.3 Å². The van der Waals surface area contributed by atoms with Crippen LogP contribution in [0.3, 0.4) is 0 Å². The number of amides is 3. The van der Waals surface area contributed by atoms with Gasteiger partial charge in [0, 0.05) is 11.7 Å². The zero-order chi connectivity index (χ0) is 22.6. The number of carbonyl (C=O) groups is 3. The third-order valence-electron chi connectivity index (χ3n) is 4.70. The van der Waals surface area contributed by atoms with E-state index in [1.54, 1.807) is 38.1 Å². The molecule has 7 nitrogen and oxygen atoms in total. The van der Waals surface area contributed by atoms with E-state index >= 15 is 0 Å². The summed E-state index contributed by atoms with van der Waals surface area (Å²) in [6, 6.07) is 17.5. The molecule has 0 saturated carbocycles. The second-order valence-electron chi connectivity index (χ2n) is 7.79. The fourth-order valence-electron chi connectivity index (χ4n) is 2.97. The van der Waals surface area contributed by atoms with E-state index in [-0.39, 0.29) is 24.5 Å². The molecule has 0 aromatic heterocycles. The van der Waals surface area contributed by atoms with Gasteiger partial charge in [-0.1, -0.05) is 62.4 Å². The predicted molar refractivity (Wildman–Crippen MR) is 121 cm³/mol. The van der Waals surface area contributed by atoms with E-state index in [1.165, 1.54) is 5.56 Å². The molecule has 0 aliphatic heterocycles. The molecule has 166 valence electrons. The Kier molecular flexibility index (Phi) is 9.55. The number of benzene rings is 2. The van der Waals surface area contributed by atoms with Gasteiger partial charge in [-0.2, -0.15) is 0 Å². The number of anilines is 1. The molecule has 3 amide bonds. The summed E-state index contributed by atoms with van der Waals surface area (Å²) in [7, 11) is 0. The Bertz CT molecular complexity index is 840. The number of hydrogen-bond donors (Lipinski definition) is 3. The molecule has 2 rings (SSSR count). The second kappa shape index (κ2) is 12.4. The van der Waals surface area contributed by atoms with Gasteiger partial charge in [0.15, 0.2) is 6.61 Å². The van der Waals surface area contributed by atoms with Crippen molar-refractivity contribution >= 4 is 23.6 Å². The molecule has 7 heteroatoms. The van der Waals surface area contributed by atoms with E-state index in [0.717, 1.165) is 12.8 Å². The first-order chi connectivity index (χ1) is 14.8. The fraction of sp³-hybridized carbons (Fsp3) is 0.375. The van der Waals surface area contributed by atoms with Gasteiger partial charge in [-0.3, -0.25) is 4.79 Å². The fourth-order valence-corrected chi connectivity index (χ4v) is 2.97. The average Bonchev–Trinajstić information content (AvgIpc) is 2.75. The van der Waals surface area contributed by atoms with Gasteiger partial charge < -0.3 is 20.7 Å². The molecule has 0 unspecified atom stereocenters. The van der Waals surface area contributed by atoms with Crippen molar-refractivity contribution in [2.45, 2.75) is 45.7 Å². The summed E-state index contributed by atoms with van der Waals surface area (Å²) in [5, 5.41) is 8.11. The van der Waals surface area contributed by atoms with E-state index in [9.17, 15) is 14.4 Å². The highest BCUT2D eigenvalue weighted by Crippen LogP contribution is 2.08. The molecule has 0 fully saturated rings. The monoisotopic (exact) mass is 425 g/mol. The number of para-hydroxylation sites is 1. The zero-order valence-corrected chi connectivity index (χ0v) is 18.3. The summed E-state index contributed by atoms with van der Waals surface area (Å²) in [6.07, 6.45) is 1.62. The summed E-state index contributed by atoms with van der Waals surface area (Å²) in [4.78, 5) is 36.8. The maximum absolute atomic E-state index is 12.4. The molecule has 2 aromatic carbocycles. The highest BCUT2D eigenvalue weighted by Gasteiger charge is 2.26. The van der Waals surface area contributed by atoms with Gasteiger partial charge in [0.25, 0.3) is 5.91 Å². The minimum Gasteiger partial charge on any atom is -0.454 e. The number of rotatable bonds is 10. The van der Waals surface area contributed by atoms with E-state index in [4.69, 9.17) is 4.74 Å². The molecule has 0 saturated heterocycles. The van der Waals surface area contributed by atoms with Crippen LogP contribution in [0.2, 0.25) is 0 Å². The molecule has 2 atom stereocenters. The first-order valence-electron chi connectivity index (χ1n) is 10.5. The van der Waals surface area contributed by atoms with Crippen LogP contribution in [0, 0.1) is 5.92 Å². The Hall–Kier alpha value is -3.35. The Morgan fingerprint density at radius 2 is 1.48 bits per heavy atom. The minimum atomic E-state index is -0.869. The molecule has 31 heavy (non-hydrogen) atoms. The molecule has 0 spiro atoms. The van der Waals surface area contributed by atoms with Crippen molar-refractivity contribution in [1.82, 2.24) is 10.6 Å². The normalized spacial score (nSPS) is 12.5. The third kappa shape index (κ3) is 8.90. The van der Waals surface area contributed by atoms with Gasteiger partial charge >= 0.3 is 12.0 Å². The molecule has 2 aromatic rings. The Morgan fingerprint density at radius 3 is 2.10 bits per heavy atom. The largest absolute Gasteiger partial charge is 0.454 e. The number of hydrogen-bond acceptors (Lipinski definition) is 4. The van der Waals surface area contributed by atoms with Crippen LogP contribution >= 0.6 is 0 Å². The number of aryl methyl sites for hydroxylation is 1. The Labute approximate surface area is 183 Å². The molecule has 3 N–H and O–H groups in total. The highest BCUT2D eigenvalue weighted by molar-refractivity contribution is 5.93. The van der Waals surface area contributed by atoms with Crippen LogP contribution in [0.5, 0.6) is 0 Å². The van der Waals surface area contributed by atoms with Crippen molar-refractivity contribution in [2.24, 2.45) is 5.92 Å². The molecular formula is C24H31N3O4. The SMILES string of the molecule is CC(C)[C@@H](NC(=O)Nc1ccccc1)C(=O)OCC(=O)N[C@H](C)CCc1ccccc1. The number of urea groups is 1. The molecule has 0 bridgehead atoms. The number of ether oxygens (including phenoxy) is 1. The van der Waals surface area contributed by atoms with Gasteiger partial charge in [0.05, 0.1) is 0 Å². The van der Waals surface area contributed by atoms with Crippen LogP contribution in [0.15, 0.2) is 60.7 Å². The van der Waals surface area contributed by atoms with Crippen molar-refractivity contribution in [3.05, 3.63) is 66.2 Å². The lowest BCUT2D eigenvalue weighted by Gasteiger charge is -2.21. The van der Waals surface area contributed by atoms with Crippen molar-refractivity contribution in [3.8, 4) is 0 Å². The quantitative estimate of drug-likeness (QED) is 0.508. The Morgan fingerprint density at radius 1 is 0.871 bits per heavy atom. The van der Waals surface area contributed by atoms with Crippen molar-refractivity contribution in [3.63, 3.8) is 0 Å². The van der Waals surface area contributed by atoms with E-state index in [2.05, 4.69) is 16.0 Å². The summed E-state index contributed by atoms with van der Waals surface area (Å²) >= 11 is 0.